The minimum atomic E-state index is 0.0455. The molecular weight excluding hydrogens is 370 g/mol. The first-order valence-corrected chi connectivity index (χ1v) is 9.88. The third-order valence-electron chi connectivity index (χ3n) is 4.54. The molecule has 1 heterocycles. The predicted molar refractivity (Wildman–Crippen MR) is 115 cm³/mol. The van der Waals surface area contributed by atoms with Crippen LogP contribution in [0.2, 0.25) is 0 Å². The van der Waals surface area contributed by atoms with E-state index in [4.69, 9.17) is 4.74 Å². The van der Waals surface area contributed by atoms with Crippen LogP contribution in [0.5, 0.6) is 5.75 Å². The number of benzene rings is 3. The molecule has 0 aromatic heterocycles. The van der Waals surface area contributed by atoms with E-state index in [0.717, 1.165) is 27.6 Å². The minimum absolute atomic E-state index is 0.0455. The molecule has 1 aliphatic rings. The molecule has 0 spiro atoms. The fourth-order valence-corrected chi connectivity index (χ4v) is 3.98. The number of rotatable bonds is 5. The van der Waals surface area contributed by atoms with Gasteiger partial charge in [-0.1, -0.05) is 66.4 Å². The van der Waals surface area contributed by atoms with E-state index in [9.17, 15) is 4.79 Å². The van der Waals surface area contributed by atoms with Crippen LogP contribution in [0.25, 0.3) is 10.8 Å². The van der Waals surface area contributed by atoms with Gasteiger partial charge in [-0.3, -0.25) is 9.69 Å². The van der Waals surface area contributed by atoms with E-state index in [-0.39, 0.29) is 5.91 Å². The van der Waals surface area contributed by atoms with Gasteiger partial charge in [-0.2, -0.15) is 5.10 Å². The maximum Gasteiger partial charge on any atom is 0.239 e. The highest BCUT2D eigenvalue weighted by atomic mass is 32.2. The van der Waals surface area contributed by atoms with Gasteiger partial charge in [0.05, 0.1) is 25.6 Å². The standard InChI is InChI=1S/C22H19N3O2S/c1-27-20-12-5-3-8-17(20)13-23-24-22-25(21(26)15-28-22)14-18-10-6-9-16-7-2-4-11-19(16)18/h2-13H,14-15H2,1H3/b23-13-,24-22-. The molecule has 1 amide bonds. The van der Waals surface area contributed by atoms with Crippen LogP contribution in [0.3, 0.4) is 0 Å². The normalized spacial score (nSPS) is 15.8. The zero-order valence-electron chi connectivity index (χ0n) is 15.4. The van der Waals surface area contributed by atoms with Gasteiger partial charge < -0.3 is 4.74 Å². The average molecular weight is 389 g/mol. The summed E-state index contributed by atoms with van der Waals surface area (Å²) in [5.74, 6) is 1.16. The van der Waals surface area contributed by atoms with Crippen molar-refractivity contribution in [3.8, 4) is 5.75 Å². The molecule has 3 aromatic carbocycles. The lowest BCUT2D eigenvalue weighted by Gasteiger charge is -2.16. The van der Waals surface area contributed by atoms with E-state index >= 15 is 0 Å². The number of fused-ring (bicyclic) bond motifs is 1. The SMILES string of the molecule is COc1ccccc1/C=N\N=C1/SCC(=O)N1Cc1cccc2ccccc12. The summed E-state index contributed by atoms with van der Waals surface area (Å²) in [5.41, 5.74) is 1.93. The summed E-state index contributed by atoms with van der Waals surface area (Å²) in [6.45, 7) is 0.482. The Labute approximate surface area is 167 Å². The van der Waals surface area contributed by atoms with Crippen LogP contribution in [0.15, 0.2) is 76.9 Å². The number of hydrogen-bond donors (Lipinski definition) is 0. The number of thioether (sulfide) groups is 1. The summed E-state index contributed by atoms with van der Waals surface area (Å²) in [7, 11) is 1.62. The lowest BCUT2D eigenvalue weighted by Crippen LogP contribution is -2.28. The Bertz CT molecular complexity index is 1070. The zero-order valence-corrected chi connectivity index (χ0v) is 16.2. The van der Waals surface area contributed by atoms with Crippen LogP contribution in [0.1, 0.15) is 11.1 Å². The fraction of sp³-hybridized carbons (Fsp3) is 0.136. The molecular formula is C22H19N3O2S. The summed E-state index contributed by atoms with van der Waals surface area (Å²) in [5, 5.41) is 11.4. The monoisotopic (exact) mass is 389 g/mol. The number of ether oxygens (including phenoxy) is 1. The molecule has 0 N–H and O–H groups in total. The molecule has 6 heteroatoms. The molecule has 0 radical (unpaired) electrons. The molecule has 3 aromatic rings. The van der Waals surface area contributed by atoms with E-state index in [1.807, 2.05) is 48.5 Å². The van der Waals surface area contributed by atoms with Crippen molar-refractivity contribution >= 4 is 39.8 Å². The molecule has 0 bridgehead atoms. The van der Waals surface area contributed by atoms with Crippen molar-refractivity contribution in [2.45, 2.75) is 6.54 Å². The predicted octanol–water partition coefficient (Wildman–Crippen LogP) is 4.31. The smallest absolute Gasteiger partial charge is 0.239 e. The van der Waals surface area contributed by atoms with Crippen molar-refractivity contribution in [3.05, 3.63) is 77.9 Å². The Hall–Kier alpha value is -3.12. The zero-order chi connectivity index (χ0) is 19.3. The topological polar surface area (TPSA) is 54.3 Å². The van der Waals surface area contributed by atoms with Gasteiger partial charge in [0.15, 0.2) is 5.17 Å². The van der Waals surface area contributed by atoms with Crippen LogP contribution >= 0.6 is 11.8 Å². The van der Waals surface area contributed by atoms with Crippen LogP contribution in [-0.4, -0.2) is 35.1 Å². The molecule has 0 aliphatic carbocycles. The largest absolute Gasteiger partial charge is 0.496 e. The fourth-order valence-electron chi connectivity index (χ4n) is 3.14. The molecule has 1 aliphatic heterocycles. The van der Waals surface area contributed by atoms with Gasteiger partial charge in [0.25, 0.3) is 0 Å². The second-order valence-electron chi connectivity index (χ2n) is 6.28. The highest BCUT2D eigenvalue weighted by molar-refractivity contribution is 8.15. The summed E-state index contributed by atoms with van der Waals surface area (Å²) < 4.78 is 5.32. The minimum Gasteiger partial charge on any atom is -0.496 e. The summed E-state index contributed by atoms with van der Waals surface area (Å²) in [6.07, 6.45) is 1.64. The molecule has 0 saturated carbocycles. The van der Waals surface area contributed by atoms with Crippen LogP contribution in [0, 0.1) is 0 Å². The highest BCUT2D eigenvalue weighted by Crippen LogP contribution is 2.26. The van der Waals surface area contributed by atoms with Gasteiger partial charge >= 0.3 is 0 Å². The van der Waals surface area contributed by atoms with Gasteiger partial charge in [-0.25, -0.2) is 0 Å². The molecule has 28 heavy (non-hydrogen) atoms. The third-order valence-corrected chi connectivity index (χ3v) is 5.50. The van der Waals surface area contributed by atoms with E-state index in [1.54, 1.807) is 18.2 Å². The molecule has 140 valence electrons. The van der Waals surface area contributed by atoms with E-state index in [1.165, 1.54) is 11.8 Å². The number of amidine groups is 1. The van der Waals surface area contributed by atoms with Crippen molar-refractivity contribution in [1.82, 2.24) is 4.90 Å². The van der Waals surface area contributed by atoms with Crippen molar-refractivity contribution in [1.29, 1.82) is 0 Å². The maximum atomic E-state index is 12.4. The second-order valence-corrected chi connectivity index (χ2v) is 7.22. The van der Waals surface area contributed by atoms with Gasteiger partial charge in [-0.15, -0.1) is 5.10 Å². The number of carbonyl (C=O) groups excluding carboxylic acids is 1. The Kier molecular flexibility index (Phi) is 5.39. The number of hydrogen-bond acceptors (Lipinski definition) is 5. The molecule has 0 unspecified atom stereocenters. The van der Waals surface area contributed by atoms with Crippen LogP contribution in [0.4, 0.5) is 0 Å². The van der Waals surface area contributed by atoms with Gasteiger partial charge in [0, 0.05) is 5.56 Å². The van der Waals surface area contributed by atoms with E-state index in [2.05, 4.69) is 28.4 Å². The summed E-state index contributed by atoms with van der Waals surface area (Å²) in [4.78, 5) is 14.1. The van der Waals surface area contributed by atoms with Crippen molar-refractivity contribution < 1.29 is 9.53 Å². The lowest BCUT2D eigenvalue weighted by molar-refractivity contribution is -0.124. The van der Waals surface area contributed by atoms with Gasteiger partial charge in [0.1, 0.15) is 5.75 Å². The molecule has 5 nitrogen and oxygen atoms in total. The summed E-state index contributed by atoms with van der Waals surface area (Å²) in [6, 6.07) is 21.9. The Morgan fingerprint density at radius 3 is 2.75 bits per heavy atom. The Morgan fingerprint density at radius 1 is 1.07 bits per heavy atom. The highest BCUT2D eigenvalue weighted by Gasteiger charge is 2.28. The lowest BCUT2D eigenvalue weighted by atomic mass is 10.0. The van der Waals surface area contributed by atoms with Gasteiger partial charge in [-0.05, 0) is 28.5 Å². The van der Waals surface area contributed by atoms with Crippen molar-refractivity contribution in [2.75, 3.05) is 12.9 Å². The first-order valence-electron chi connectivity index (χ1n) is 8.90. The Morgan fingerprint density at radius 2 is 1.86 bits per heavy atom. The number of nitrogens with zero attached hydrogens (tertiary/aromatic N) is 3. The third kappa shape index (κ3) is 3.77. The number of methoxy groups -OCH3 is 1. The first kappa shape index (κ1) is 18.3. The number of carbonyl (C=O) groups is 1. The van der Waals surface area contributed by atoms with E-state index < -0.39 is 0 Å². The molecule has 1 saturated heterocycles. The molecule has 4 rings (SSSR count). The van der Waals surface area contributed by atoms with Crippen LogP contribution < -0.4 is 4.74 Å². The second kappa shape index (κ2) is 8.27. The Balaban J connectivity index is 1.58. The number of para-hydroxylation sites is 1. The first-order chi connectivity index (χ1) is 13.8. The van der Waals surface area contributed by atoms with E-state index in [0.29, 0.717) is 17.5 Å². The van der Waals surface area contributed by atoms with Crippen LogP contribution in [-0.2, 0) is 11.3 Å². The summed E-state index contributed by atoms with van der Waals surface area (Å²) >= 11 is 1.41. The van der Waals surface area contributed by atoms with Crippen molar-refractivity contribution in [3.63, 3.8) is 0 Å². The quantitative estimate of drug-likeness (QED) is 0.483. The molecule has 0 atom stereocenters. The average Bonchev–Trinajstić information content (AvgIpc) is 3.08. The maximum absolute atomic E-state index is 12.4. The molecule has 1 fully saturated rings. The van der Waals surface area contributed by atoms with Crippen molar-refractivity contribution in [2.24, 2.45) is 10.2 Å². The number of amides is 1. The van der Waals surface area contributed by atoms with Gasteiger partial charge in [0.2, 0.25) is 5.91 Å².